The molecule has 2 fully saturated rings. The molecule has 2 aromatic rings. The lowest BCUT2D eigenvalue weighted by Crippen LogP contribution is -2.36. The highest BCUT2D eigenvalue weighted by Gasteiger charge is 2.43. The number of ether oxygens (including phenoxy) is 1. The zero-order valence-electron chi connectivity index (χ0n) is 19.3. The van der Waals surface area contributed by atoms with Crippen LogP contribution in [-0.4, -0.2) is 12.4 Å². The first-order chi connectivity index (χ1) is 15.6. The molecule has 0 heterocycles. The molecule has 3 nitrogen and oxygen atoms in total. The van der Waals surface area contributed by atoms with Gasteiger partial charge in [-0.3, -0.25) is 4.79 Å². The summed E-state index contributed by atoms with van der Waals surface area (Å²) in [5.74, 6) is 2.07. The molecule has 4 rings (SSSR count). The monoisotopic (exact) mass is 429 g/mol. The van der Waals surface area contributed by atoms with Gasteiger partial charge in [-0.25, -0.2) is 0 Å². The third-order valence-electron chi connectivity index (χ3n) is 7.70. The van der Waals surface area contributed by atoms with Gasteiger partial charge in [0.25, 0.3) is 0 Å². The van der Waals surface area contributed by atoms with Crippen LogP contribution < -0.4 is 4.74 Å². The zero-order valence-corrected chi connectivity index (χ0v) is 19.3. The molecular formula is C29H35NO2. The summed E-state index contributed by atoms with van der Waals surface area (Å²) in [5, 5.41) is 10.0. The standard InChI is InChI=1S/C29H35NO2/c1-2-3-19-32-28-13-11-24(12-14-28)22-7-9-23(10-8-22)25-15-17-29(21-30,18-16-25)26-5-4-6-27(31)20-26/h7-14,25-26H,2-6,15-20H2,1H3/t25-,26-,29+/m1/s1. The number of hydrogen-bond donors (Lipinski definition) is 0. The van der Waals surface area contributed by atoms with Crippen molar-refractivity contribution in [3.63, 3.8) is 0 Å². The molecule has 0 aromatic heterocycles. The first-order valence-electron chi connectivity index (χ1n) is 12.4. The Morgan fingerprint density at radius 2 is 1.66 bits per heavy atom. The molecule has 0 bridgehead atoms. The molecule has 0 radical (unpaired) electrons. The number of hydrogen-bond acceptors (Lipinski definition) is 3. The van der Waals surface area contributed by atoms with Crippen molar-refractivity contribution in [2.45, 2.75) is 77.0 Å². The summed E-state index contributed by atoms with van der Waals surface area (Å²) in [6.45, 7) is 2.94. The summed E-state index contributed by atoms with van der Waals surface area (Å²) >= 11 is 0. The minimum atomic E-state index is -0.284. The number of Topliss-reactive ketones (excluding diaryl/α,β-unsaturated/α-hetero) is 1. The van der Waals surface area contributed by atoms with Crippen LogP contribution in [0.5, 0.6) is 5.75 Å². The van der Waals surface area contributed by atoms with Crippen LogP contribution in [0.15, 0.2) is 48.5 Å². The van der Waals surface area contributed by atoms with Crippen molar-refractivity contribution in [2.75, 3.05) is 6.61 Å². The lowest BCUT2D eigenvalue weighted by Gasteiger charge is -2.42. The number of carbonyl (C=O) groups excluding carboxylic acids is 1. The van der Waals surface area contributed by atoms with E-state index in [0.717, 1.165) is 63.7 Å². The molecule has 2 aliphatic rings. The Morgan fingerprint density at radius 1 is 1.00 bits per heavy atom. The third kappa shape index (κ3) is 5.07. The second-order valence-corrected chi connectivity index (χ2v) is 9.72. The molecule has 0 aliphatic heterocycles. The molecule has 168 valence electrons. The lowest BCUT2D eigenvalue weighted by molar-refractivity contribution is -0.123. The molecule has 0 amide bonds. The zero-order chi connectivity index (χ0) is 22.4. The summed E-state index contributed by atoms with van der Waals surface area (Å²) in [4.78, 5) is 12.0. The van der Waals surface area contributed by atoms with Gasteiger partial charge in [0.2, 0.25) is 0 Å². The van der Waals surface area contributed by atoms with E-state index in [9.17, 15) is 10.1 Å². The van der Waals surface area contributed by atoms with Crippen molar-refractivity contribution in [3.8, 4) is 22.9 Å². The summed E-state index contributed by atoms with van der Waals surface area (Å²) in [5.41, 5.74) is 3.51. The maximum atomic E-state index is 12.0. The molecule has 32 heavy (non-hydrogen) atoms. The van der Waals surface area contributed by atoms with Crippen molar-refractivity contribution in [1.82, 2.24) is 0 Å². The predicted octanol–water partition coefficient (Wildman–Crippen LogP) is 7.46. The molecule has 3 heteroatoms. The number of nitriles is 1. The normalized spacial score (nSPS) is 25.8. The maximum Gasteiger partial charge on any atom is 0.133 e. The first-order valence-corrected chi connectivity index (χ1v) is 12.4. The van der Waals surface area contributed by atoms with Crippen LogP contribution in [0.1, 0.15) is 82.6 Å². The molecular weight excluding hydrogens is 394 g/mol. The van der Waals surface area contributed by atoms with Gasteiger partial charge >= 0.3 is 0 Å². The highest BCUT2D eigenvalue weighted by molar-refractivity contribution is 5.79. The number of ketones is 1. The lowest BCUT2D eigenvalue weighted by atomic mass is 9.60. The van der Waals surface area contributed by atoms with E-state index >= 15 is 0 Å². The smallest absolute Gasteiger partial charge is 0.133 e. The SMILES string of the molecule is CCCCOc1ccc(-c2ccc([C@H]3CC[C@@](C#N)([C@@H]4CCCC(=O)C4)CC3)cc2)cc1. The Bertz CT molecular complexity index is 931. The van der Waals surface area contributed by atoms with E-state index in [-0.39, 0.29) is 11.3 Å². The van der Waals surface area contributed by atoms with Crippen LogP contribution in [0.3, 0.4) is 0 Å². The molecule has 2 aliphatic carbocycles. The minimum Gasteiger partial charge on any atom is -0.494 e. The summed E-state index contributed by atoms with van der Waals surface area (Å²) in [7, 11) is 0. The van der Waals surface area contributed by atoms with Crippen LogP contribution in [0.4, 0.5) is 0 Å². The van der Waals surface area contributed by atoms with E-state index in [0.29, 0.717) is 24.5 Å². The van der Waals surface area contributed by atoms with Crippen molar-refractivity contribution in [1.29, 1.82) is 5.26 Å². The fraction of sp³-hybridized carbons (Fsp3) is 0.517. The maximum absolute atomic E-state index is 12.0. The fourth-order valence-electron chi connectivity index (χ4n) is 5.60. The van der Waals surface area contributed by atoms with Gasteiger partial charge in [0.05, 0.1) is 18.1 Å². The Balaban J connectivity index is 1.37. The highest BCUT2D eigenvalue weighted by atomic mass is 16.5. The summed E-state index contributed by atoms with van der Waals surface area (Å²) < 4.78 is 5.77. The van der Waals surface area contributed by atoms with Gasteiger partial charge in [0.15, 0.2) is 0 Å². The molecule has 2 aromatic carbocycles. The quantitative estimate of drug-likeness (QED) is 0.429. The topological polar surface area (TPSA) is 50.1 Å². The second-order valence-electron chi connectivity index (χ2n) is 9.72. The van der Waals surface area contributed by atoms with Gasteiger partial charge in [0.1, 0.15) is 11.5 Å². The molecule has 0 N–H and O–H groups in total. The average Bonchev–Trinajstić information content (AvgIpc) is 2.85. The van der Waals surface area contributed by atoms with Crippen LogP contribution in [0.2, 0.25) is 0 Å². The fourth-order valence-corrected chi connectivity index (χ4v) is 5.60. The van der Waals surface area contributed by atoms with Crippen molar-refractivity contribution < 1.29 is 9.53 Å². The van der Waals surface area contributed by atoms with Crippen LogP contribution in [-0.2, 0) is 4.79 Å². The number of benzene rings is 2. The number of rotatable bonds is 7. The van der Waals surface area contributed by atoms with Crippen molar-refractivity contribution >= 4 is 5.78 Å². The first kappa shape index (κ1) is 22.6. The predicted molar refractivity (Wildman–Crippen MR) is 129 cm³/mol. The van der Waals surface area contributed by atoms with Gasteiger partial charge in [-0.1, -0.05) is 49.7 Å². The molecule has 0 unspecified atom stereocenters. The van der Waals surface area contributed by atoms with E-state index in [4.69, 9.17) is 4.74 Å². The largest absolute Gasteiger partial charge is 0.494 e. The Morgan fingerprint density at radius 3 is 2.25 bits per heavy atom. The molecule has 1 atom stereocenters. The number of nitrogens with zero attached hydrogens (tertiary/aromatic N) is 1. The molecule has 2 saturated carbocycles. The van der Waals surface area contributed by atoms with Crippen LogP contribution in [0.25, 0.3) is 11.1 Å². The van der Waals surface area contributed by atoms with E-state index in [1.165, 1.54) is 16.7 Å². The molecule has 0 spiro atoms. The summed E-state index contributed by atoms with van der Waals surface area (Å²) in [6, 6.07) is 20.0. The van der Waals surface area contributed by atoms with E-state index in [1.807, 2.05) is 0 Å². The van der Waals surface area contributed by atoms with Gasteiger partial charge in [-0.05, 0) is 85.6 Å². The van der Waals surface area contributed by atoms with Crippen LogP contribution >= 0.6 is 0 Å². The van der Waals surface area contributed by atoms with Gasteiger partial charge in [-0.2, -0.15) is 5.26 Å². The Hall–Kier alpha value is -2.60. The third-order valence-corrected chi connectivity index (χ3v) is 7.70. The summed E-state index contributed by atoms with van der Waals surface area (Å²) in [6.07, 6.45) is 9.49. The highest BCUT2D eigenvalue weighted by Crippen LogP contribution is 2.50. The van der Waals surface area contributed by atoms with E-state index in [2.05, 4.69) is 61.5 Å². The Labute approximate surface area is 192 Å². The van der Waals surface area contributed by atoms with Crippen LogP contribution in [0, 0.1) is 22.7 Å². The van der Waals surface area contributed by atoms with Gasteiger partial charge in [-0.15, -0.1) is 0 Å². The number of unbranched alkanes of at least 4 members (excludes halogenated alkanes) is 1. The van der Waals surface area contributed by atoms with Crippen molar-refractivity contribution in [2.24, 2.45) is 11.3 Å². The second kappa shape index (κ2) is 10.3. The van der Waals surface area contributed by atoms with Gasteiger partial charge in [0, 0.05) is 12.8 Å². The average molecular weight is 430 g/mol. The minimum absolute atomic E-state index is 0.269. The van der Waals surface area contributed by atoms with Crippen molar-refractivity contribution in [3.05, 3.63) is 54.1 Å². The Kier molecular flexibility index (Phi) is 7.30. The molecule has 0 saturated heterocycles. The number of carbonyl (C=O) groups is 1. The van der Waals surface area contributed by atoms with E-state index < -0.39 is 0 Å². The van der Waals surface area contributed by atoms with Gasteiger partial charge < -0.3 is 4.74 Å². The van der Waals surface area contributed by atoms with E-state index in [1.54, 1.807) is 0 Å².